The van der Waals surface area contributed by atoms with Gasteiger partial charge in [-0.25, -0.2) is 16.8 Å². The first-order valence-corrected chi connectivity index (χ1v) is 26.3. The molecular formula is C58H58N2O10S2. The summed E-state index contributed by atoms with van der Waals surface area (Å²) in [5.74, 6) is -0.217. The number of benzene rings is 8. The van der Waals surface area contributed by atoms with Crippen molar-refractivity contribution >= 4 is 64.9 Å². The fourth-order valence-electron chi connectivity index (χ4n) is 8.43. The minimum absolute atomic E-state index is 0.0528. The highest BCUT2D eigenvalue weighted by atomic mass is 32.2. The van der Waals surface area contributed by atoms with E-state index in [-0.39, 0.29) is 16.4 Å². The molecule has 8 rings (SSSR count). The number of methoxy groups -OCH3 is 2. The van der Waals surface area contributed by atoms with Crippen LogP contribution < -0.4 is 18.1 Å². The molecule has 1 N–H and O–H groups in total. The van der Waals surface area contributed by atoms with Crippen molar-refractivity contribution in [2.45, 2.75) is 56.2 Å². The molecule has 12 nitrogen and oxygen atoms in total. The topological polar surface area (TPSA) is 157 Å². The van der Waals surface area contributed by atoms with Crippen molar-refractivity contribution in [3.63, 3.8) is 0 Å². The molecule has 0 atom stereocenters. The van der Waals surface area contributed by atoms with Gasteiger partial charge in [-0.2, -0.15) is 0 Å². The number of ether oxygens (including phenoxy) is 3. The third-order valence-electron chi connectivity index (χ3n) is 12.3. The number of fused-ring (bicyclic) bond motifs is 2. The van der Waals surface area contributed by atoms with E-state index < -0.39 is 45.1 Å². The summed E-state index contributed by atoms with van der Waals surface area (Å²) in [5.41, 5.74) is 7.15. The fourth-order valence-corrected chi connectivity index (χ4v) is 11.3. The van der Waals surface area contributed by atoms with Crippen molar-refractivity contribution in [3.8, 4) is 11.5 Å². The van der Waals surface area contributed by atoms with Crippen LogP contribution in [-0.4, -0.2) is 67.8 Å². The number of hydrogen-bond acceptors (Lipinski definition) is 9. The number of sulfonamides is 2. The summed E-state index contributed by atoms with van der Waals surface area (Å²) >= 11 is 0. The second-order valence-corrected chi connectivity index (χ2v) is 20.8. The molecular weight excluding hydrogens is 949 g/mol. The van der Waals surface area contributed by atoms with Gasteiger partial charge in [-0.1, -0.05) is 120 Å². The average molecular weight is 1010 g/mol. The highest BCUT2D eigenvalue weighted by Crippen LogP contribution is 2.36. The van der Waals surface area contributed by atoms with Gasteiger partial charge in [0.1, 0.15) is 24.6 Å². The predicted octanol–water partition coefficient (Wildman–Crippen LogP) is 10.9. The number of nitrogens with zero attached hydrogens (tertiary/aromatic N) is 2. The number of esters is 1. The molecule has 0 aliphatic heterocycles. The summed E-state index contributed by atoms with van der Waals surface area (Å²) in [4.78, 5) is 24.4. The van der Waals surface area contributed by atoms with E-state index >= 15 is 0 Å². The lowest BCUT2D eigenvalue weighted by atomic mass is 9.97. The molecule has 0 spiro atoms. The van der Waals surface area contributed by atoms with Crippen LogP contribution in [0.5, 0.6) is 11.5 Å². The van der Waals surface area contributed by atoms with Gasteiger partial charge in [0.2, 0.25) is 0 Å². The summed E-state index contributed by atoms with van der Waals surface area (Å²) in [7, 11) is -4.84. The van der Waals surface area contributed by atoms with Gasteiger partial charge >= 0.3 is 11.9 Å². The maximum Gasteiger partial charge on any atom is 0.326 e. The lowest BCUT2D eigenvalue weighted by molar-refractivity contribution is -0.141. The Labute approximate surface area is 422 Å². The molecule has 8 aromatic rings. The Hall–Kier alpha value is -7.68. The highest BCUT2D eigenvalue weighted by Gasteiger charge is 2.31. The molecule has 0 saturated carbocycles. The van der Waals surface area contributed by atoms with Gasteiger partial charge in [-0.15, -0.1) is 0 Å². The van der Waals surface area contributed by atoms with E-state index in [4.69, 9.17) is 14.2 Å². The minimum Gasteiger partial charge on any atom is -0.497 e. The van der Waals surface area contributed by atoms with Crippen LogP contribution >= 0.6 is 0 Å². The van der Waals surface area contributed by atoms with Crippen LogP contribution in [0.1, 0.15) is 40.3 Å². The Morgan fingerprint density at radius 2 is 0.847 bits per heavy atom. The zero-order valence-corrected chi connectivity index (χ0v) is 42.6. The van der Waals surface area contributed by atoms with Crippen LogP contribution in [0.3, 0.4) is 0 Å². The molecule has 14 heteroatoms. The third-order valence-corrected chi connectivity index (χ3v) is 15.8. The van der Waals surface area contributed by atoms with E-state index in [9.17, 15) is 31.5 Å². The maximum absolute atomic E-state index is 13.8. The number of rotatable bonds is 19. The lowest BCUT2D eigenvalue weighted by Crippen LogP contribution is -2.36. The van der Waals surface area contributed by atoms with Gasteiger partial charge in [0, 0.05) is 10.8 Å². The molecule has 0 unspecified atom stereocenters. The molecule has 372 valence electrons. The molecule has 0 heterocycles. The first kappa shape index (κ1) is 52.2. The van der Waals surface area contributed by atoms with Crippen LogP contribution in [0.2, 0.25) is 0 Å². The maximum atomic E-state index is 13.8. The van der Waals surface area contributed by atoms with E-state index in [1.54, 1.807) is 69.7 Å². The smallest absolute Gasteiger partial charge is 0.326 e. The molecule has 0 aliphatic carbocycles. The Kier molecular flexibility index (Phi) is 17.0. The lowest BCUT2D eigenvalue weighted by Gasteiger charge is -2.26. The van der Waals surface area contributed by atoms with Gasteiger partial charge in [0.15, 0.2) is 0 Å². The largest absolute Gasteiger partial charge is 0.497 e. The van der Waals surface area contributed by atoms with Crippen molar-refractivity contribution < 1.29 is 45.7 Å². The third kappa shape index (κ3) is 12.4. The normalized spacial score (nSPS) is 11.3. The number of hydrogen-bond donors (Lipinski definition) is 1. The van der Waals surface area contributed by atoms with Crippen LogP contribution in [-0.2, 0) is 60.1 Å². The van der Waals surface area contributed by atoms with Crippen LogP contribution in [0.4, 0.5) is 11.4 Å². The van der Waals surface area contributed by atoms with Crippen molar-refractivity contribution in [2.75, 3.05) is 42.5 Å². The first-order valence-electron chi connectivity index (χ1n) is 23.5. The van der Waals surface area contributed by atoms with E-state index in [1.807, 2.05) is 123 Å². The molecule has 8 aromatic carbocycles. The number of carboxylic acids is 1. The quantitative estimate of drug-likeness (QED) is 0.0773. The second kappa shape index (κ2) is 23.5. The number of carboxylic acid groups (broad SMARTS) is 1. The highest BCUT2D eigenvalue weighted by molar-refractivity contribution is 7.93. The van der Waals surface area contributed by atoms with E-state index in [2.05, 4.69) is 0 Å². The van der Waals surface area contributed by atoms with Crippen LogP contribution in [0.15, 0.2) is 180 Å². The number of carbonyl (C=O) groups excluding carboxylic acids is 1. The van der Waals surface area contributed by atoms with E-state index in [1.165, 1.54) is 17.7 Å². The average Bonchev–Trinajstić information content (AvgIpc) is 3.39. The zero-order valence-electron chi connectivity index (χ0n) is 40.9. The van der Waals surface area contributed by atoms with Crippen molar-refractivity contribution in [1.29, 1.82) is 0 Å². The predicted molar refractivity (Wildman–Crippen MR) is 284 cm³/mol. The summed E-state index contributed by atoms with van der Waals surface area (Å²) < 4.78 is 72.4. The minimum atomic E-state index is -4.09. The SMILES string of the molecule is CCOC(=O)CN(c1ccc(CCc2ccc(OC)cc2)c2ccccc12)S(=O)(=O)c1ccc(C)cc1.COc1ccc(CCc2ccc(N(CC(=O)O)S(=O)(=O)c3ccc(C)cc3)c3ccccc23)cc1. The Morgan fingerprint density at radius 1 is 0.472 bits per heavy atom. The van der Waals surface area contributed by atoms with Crippen molar-refractivity contribution in [1.82, 2.24) is 0 Å². The number of carbonyl (C=O) groups is 2. The molecule has 72 heavy (non-hydrogen) atoms. The summed E-state index contributed by atoms with van der Waals surface area (Å²) in [5, 5.41) is 12.9. The van der Waals surface area contributed by atoms with Gasteiger partial charge in [-0.3, -0.25) is 18.2 Å². The Morgan fingerprint density at radius 3 is 1.21 bits per heavy atom. The van der Waals surface area contributed by atoms with E-state index in [0.717, 1.165) is 89.8 Å². The second-order valence-electron chi connectivity index (χ2n) is 17.1. The van der Waals surface area contributed by atoms with E-state index in [0.29, 0.717) is 16.8 Å². The molecule has 0 radical (unpaired) electrons. The van der Waals surface area contributed by atoms with Crippen molar-refractivity contribution in [3.05, 3.63) is 203 Å². The van der Waals surface area contributed by atoms with Crippen LogP contribution in [0, 0.1) is 13.8 Å². The Balaban J connectivity index is 0.000000212. The number of aryl methyl sites for hydroxylation is 6. The summed E-state index contributed by atoms with van der Waals surface area (Å²) in [6, 6.07) is 51.5. The molecule has 0 fully saturated rings. The van der Waals surface area contributed by atoms with Gasteiger partial charge < -0.3 is 19.3 Å². The molecule has 0 saturated heterocycles. The molecule has 0 aromatic heterocycles. The first-order chi connectivity index (χ1) is 34.6. The van der Waals surface area contributed by atoms with Crippen LogP contribution in [0.25, 0.3) is 21.5 Å². The van der Waals surface area contributed by atoms with Crippen molar-refractivity contribution in [2.24, 2.45) is 0 Å². The molecule has 0 bridgehead atoms. The van der Waals surface area contributed by atoms with Gasteiger partial charge in [-0.05, 0) is 140 Å². The molecule has 0 aliphatic rings. The number of anilines is 2. The van der Waals surface area contributed by atoms with Gasteiger partial charge in [0.25, 0.3) is 20.0 Å². The zero-order chi connectivity index (χ0) is 51.4. The Bertz CT molecular complexity index is 3380. The fraction of sp³-hybridized carbons (Fsp3) is 0.207. The molecule has 0 amide bonds. The van der Waals surface area contributed by atoms with Gasteiger partial charge in [0.05, 0.1) is 42.0 Å². The summed E-state index contributed by atoms with van der Waals surface area (Å²) in [6.07, 6.45) is 3.14. The number of aliphatic carboxylic acids is 1. The summed E-state index contributed by atoms with van der Waals surface area (Å²) in [6.45, 7) is 4.53. The monoisotopic (exact) mass is 1010 g/mol. The standard InChI is InChI=1S/C30H31NO5S.C28H27NO5S/c1-4-36-30(32)21-31(37(33,34)26-18-9-22(2)10-19-26)29-20-15-24(27-7-5-6-8-28(27)29)14-11-23-12-16-25(35-3)17-13-23;1-20-7-16-24(17-8-20)35(32,33)29(19-28(30)31)27-18-13-22(25-5-3-4-6-26(25)27)12-9-21-10-14-23(34-2)15-11-21/h5-10,12-13,15-20H,4,11,14,21H2,1-3H3;3-8,10-11,13-18H,9,12,19H2,1-2H3,(H,30,31).